The molecule has 0 radical (unpaired) electrons. The fourth-order valence-electron chi connectivity index (χ4n) is 1.46. The van der Waals surface area contributed by atoms with Crippen molar-refractivity contribution < 1.29 is 19.0 Å². The minimum atomic E-state index is -1.18. The number of pyridine rings is 2. The number of hydrogen-bond donors (Lipinski definition) is 1. The highest BCUT2D eigenvalue weighted by molar-refractivity contribution is 5.94. The molecule has 0 aliphatic carbocycles. The highest BCUT2D eigenvalue weighted by atomic mass is 19.1. The lowest BCUT2D eigenvalue weighted by atomic mass is 10.2. The van der Waals surface area contributed by atoms with Crippen LogP contribution in [-0.4, -0.2) is 28.2 Å². The minimum Gasteiger partial charge on any atom is -0.480 e. The SMILES string of the molecule is COc1nc2nc(C)c(F)cc2cc1C(=O)O. The Morgan fingerprint density at radius 2 is 2.12 bits per heavy atom. The number of carbonyl (C=O) groups is 1. The van der Waals surface area contributed by atoms with Gasteiger partial charge in [-0.3, -0.25) is 0 Å². The van der Waals surface area contributed by atoms with E-state index in [-0.39, 0.29) is 22.8 Å². The first kappa shape index (κ1) is 11.3. The zero-order chi connectivity index (χ0) is 12.6. The molecule has 2 heterocycles. The van der Waals surface area contributed by atoms with Gasteiger partial charge in [-0.25, -0.2) is 14.2 Å². The summed E-state index contributed by atoms with van der Waals surface area (Å²) in [5, 5.41) is 9.27. The molecular weight excluding hydrogens is 227 g/mol. The number of aromatic nitrogens is 2. The van der Waals surface area contributed by atoms with E-state index >= 15 is 0 Å². The maximum Gasteiger partial charge on any atom is 0.341 e. The molecule has 0 amide bonds. The van der Waals surface area contributed by atoms with Gasteiger partial charge in [0.1, 0.15) is 11.4 Å². The van der Waals surface area contributed by atoms with Crippen molar-refractivity contribution in [1.29, 1.82) is 0 Å². The molecule has 2 aromatic heterocycles. The Morgan fingerprint density at radius 1 is 1.41 bits per heavy atom. The fraction of sp³-hybridized carbons (Fsp3) is 0.182. The molecule has 0 aromatic carbocycles. The molecule has 0 spiro atoms. The Hall–Kier alpha value is -2.24. The number of methoxy groups -OCH3 is 1. The molecule has 17 heavy (non-hydrogen) atoms. The van der Waals surface area contributed by atoms with Gasteiger partial charge in [0.2, 0.25) is 5.88 Å². The van der Waals surface area contributed by atoms with E-state index < -0.39 is 11.8 Å². The van der Waals surface area contributed by atoms with Crippen LogP contribution in [0, 0.1) is 12.7 Å². The molecule has 2 rings (SSSR count). The lowest BCUT2D eigenvalue weighted by Gasteiger charge is -2.06. The fourth-order valence-corrected chi connectivity index (χ4v) is 1.46. The molecule has 0 atom stereocenters. The second-order valence-electron chi connectivity index (χ2n) is 3.45. The number of ether oxygens (including phenoxy) is 1. The number of nitrogens with zero attached hydrogens (tertiary/aromatic N) is 2. The third kappa shape index (κ3) is 1.89. The summed E-state index contributed by atoms with van der Waals surface area (Å²) in [6.07, 6.45) is 0. The van der Waals surface area contributed by atoms with Crippen LogP contribution >= 0.6 is 0 Å². The van der Waals surface area contributed by atoms with E-state index in [2.05, 4.69) is 9.97 Å². The van der Waals surface area contributed by atoms with Crippen LogP contribution in [0.5, 0.6) is 5.88 Å². The Kier molecular flexibility index (Phi) is 2.63. The van der Waals surface area contributed by atoms with Crippen LogP contribution in [0.1, 0.15) is 16.1 Å². The quantitative estimate of drug-likeness (QED) is 0.860. The molecule has 6 heteroatoms. The minimum absolute atomic E-state index is 0.0384. The van der Waals surface area contributed by atoms with Gasteiger partial charge < -0.3 is 9.84 Å². The number of aromatic carboxylic acids is 1. The lowest BCUT2D eigenvalue weighted by molar-refractivity contribution is 0.0692. The molecule has 0 saturated carbocycles. The average Bonchev–Trinajstić information content (AvgIpc) is 2.29. The van der Waals surface area contributed by atoms with E-state index in [4.69, 9.17) is 9.84 Å². The van der Waals surface area contributed by atoms with Crippen LogP contribution in [0.3, 0.4) is 0 Å². The maximum absolute atomic E-state index is 13.3. The predicted molar refractivity (Wildman–Crippen MR) is 57.7 cm³/mol. The van der Waals surface area contributed by atoms with Gasteiger partial charge in [0.25, 0.3) is 0 Å². The van der Waals surface area contributed by atoms with Crippen molar-refractivity contribution in [3.63, 3.8) is 0 Å². The number of aryl methyl sites for hydroxylation is 1. The van der Waals surface area contributed by atoms with Crippen molar-refractivity contribution in [3.05, 3.63) is 29.2 Å². The summed E-state index contributed by atoms with van der Waals surface area (Å²) in [5.74, 6) is -1.72. The van der Waals surface area contributed by atoms with Gasteiger partial charge in [0, 0.05) is 5.39 Å². The van der Waals surface area contributed by atoms with Crippen LogP contribution in [0.4, 0.5) is 4.39 Å². The normalized spacial score (nSPS) is 10.5. The van der Waals surface area contributed by atoms with Gasteiger partial charge in [-0.1, -0.05) is 0 Å². The van der Waals surface area contributed by atoms with Gasteiger partial charge >= 0.3 is 5.97 Å². The highest BCUT2D eigenvalue weighted by Gasteiger charge is 2.15. The molecular formula is C11H9FN2O3. The summed E-state index contributed by atoms with van der Waals surface area (Å²) in [6, 6.07) is 2.50. The Morgan fingerprint density at radius 3 is 2.71 bits per heavy atom. The van der Waals surface area contributed by atoms with Gasteiger partial charge in [-0.05, 0) is 19.1 Å². The van der Waals surface area contributed by atoms with E-state index in [0.29, 0.717) is 5.39 Å². The van der Waals surface area contributed by atoms with Gasteiger partial charge in [-0.2, -0.15) is 4.98 Å². The van der Waals surface area contributed by atoms with Crippen LogP contribution in [0.15, 0.2) is 12.1 Å². The van der Waals surface area contributed by atoms with Crippen LogP contribution in [-0.2, 0) is 0 Å². The third-order valence-corrected chi connectivity index (χ3v) is 2.32. The summed E-state index contributed by atoms with van der Waals surface area (Å²) < 4.78 is 18.2. The molecule has 5 nitrogen and oxygen atoms in total. The highest BCUT2D eigenvalue weighted by Crippen LogP contribution is 2.22. The molecule has 0 bridgehead atoms. The van der Waals surface area contributed by atoms with E-state index in [1.165, 1.54) is 26.2 Å². The number of rotatable bonds is 2. The van der Waals surface area contributed by atoms with Crippen LogP contribution in [0.2, 0.25) is 0 Å². The van der Waals surface area contributed by atoms with Crippen molar-refractivity contribution >= 4 is 17.0 Å². The Balaban J connectivity index is 2.78. The topological polar surface area (TPSA) is 72.3 Å². The number of carboxylic acid groups (broad SMARTS) is 1. The van der Waals surface area contributed by atoms with E-state index in [9.17, 15) is 9.18 Å². The summed E-state index contributed by atoms with van der Waals surface area (Å²) in [4.78, 5) is 18.8. The molecule has 1 N–H and O–H groups in total. The first-order valence-electron chi connectivity index (χ1n) is 4.78. The Labute approximate surface area is 95.9 Å². The second-order valence-corrected chi connectivity index (χ2v) is 3.45. The van der Waals surface area contributed by atoms with E-state index in [1.807, 2.05) is 0 Å². The molecule has 0 unspecified atom stereocenters. The standard InChI is InChI=1S/C11H9FN2O3/c1-5-8(12)4-6-3-7(11(15)16)10(17-2)14-9(6)13-5/h3-4H,1-2H3,(H,15,16). The summed E-state index contributed by atoms with van der Waals surface area (Å²) in [7, 11) is 1.32. The van der Waals surface area contributed by atoms with E-state index in [0.717, 1.165) is 0 Å². The Bertz CT molecular complexity index is 613. The first-order valence-corrected chi connectivity index (χ1v) is 4.78. The zero-order valence-electron chi connectivity index (χ0n) is 9.19. The number of halogens is 1. The summed E-state index contributed by atoms with van der Waals surface area (Å²) in [5.41, 5.74) is 0.339. The number of fused-ring (bicyclic) bond motifs is 1. The smallest absolute Gasteiger partial charge is 0.341 e. The second kappa shape index (κ2) is 3.97. The molecule has 0 fully saturated rings. The molecule has 2 aromatic rings. The van der Waals surface area contributed by atoms with Gasteiger partial charge in [0.05, 0.1) is 12.8 Å². The van der Waals surface area contributed by atoms with Crippen molar-refractivity contribution in [3.8, 4) is 5.88 Å². The van der Waals surface area contributed by atoms with Crippen LogP contribution in [0.25, 0.3) is 11.0 Å². The van der Waals surface area contributed by atoms with Crippen molar-refractivity contribution in [2.45, 2.75) is 6.92 Å². The van der Waals surface area contributed by atoms with Crippen LogP contribution < -0.4 is 4.74 Å². The van der Waals surface area contributed by atoms with Crippen molar-refractivity contribution in [1.82, 2.24) is 9.97 Å². The van der Waals surface area contributed by atoms with Gasteiger partial charge in [0.15, 0.2) is 5.65 Å². The van der Waals surface area contributed by atoms with Crippen molar-refractivity contribution in [2.24, 2.45) is 0 Å². The third-order valence-electron chi connectivity index (χ3n) is 2.32. The summed E-state index contributed by atoms with van der Waals surface area (Å²) in [6.45, 7) is 1.51. The largest absolute Gasteiger partial charge is 0.480 e. The average molecular weight is 236 g/mol. The molecule has 0 aliphatic heterocycles. The van der Waals surface area contributed by atoms with Gasteiger partial charge in [-0.15, -0.1) is 0 Å². The number of hydrogen-bond acceptors (Lipinski definition) is 4. The molecule has 0 saturated heterocycles. The predicted octanol–water partition coefficient (Wildman–Crippen LogP) is 1.78. The summed E-state index contributed by atoms with van der Waals surface area (Å²) >= 11 is 0. The maximum atomic E-state index is 13.3. The molecule has 88 valence electrons. The first-order chi connectivity index (χ1) is 8.02. The van der Waals surface area contributed by atoms with Crippen molar-refractivity contribution in [2.75, 3.05) is 7.11 Å². The monoisotopic (exact) mass is 236 g/mol. The lowest BCUT2D eigenvalue weighted by Crippen LogP contribution is -2.04. The zero-order valence-corrected chi connectivity index (χ0v) is 9.19. The molecule has 0 aliphatic rings. The van der Waals surface area contributed by atoms with E-state index in [1.54, 1.807) is 0 Å². The number of carboxylic acids is 1.